The van der Waals surface area contributed by atoms with Crippen LogP contribution in [0.25, 0.3) is 22.3 Å². The average Bonchev–Trinajstić information content (AvgIpc) is 2.91. The zero-order valence-electron chi connectivity index (χ0n) is 20.6. The van der Waals surface area contributed by atoms with Crippen molar-refractivity contribution in [2.75, 3.05) is 28.4 Å². The Morgan fingerprint density at radius 1 is 0.714 bits per heavy atom. The van der Waals surface area contributed by atoms with Crippen molar-refractivity contribution >= 4 is 11.0 Å². The molecule has 0 spiro atoms. The molecule has 4 aromatic rings. The van der Waals surface area contributed by atoms with E-state index in [1.54, 1.807) is 39.5 Å². The van der Waals surface area contributed by atoms with Crippen molar-refractivity contribution in [2.45, 2.75) is 25.7 Å². The Balaban J connectivity index is 1.82. The molecule has 182 valence electrons. The summed E-state index contributed by atoms with van der Waals surface area (Å²) in [4.78, 5) is 13.8. The monoisotopic (exact) mass is 474 g/mol. The molecule has 0 atom stereocenters. The molecule has 4 rings (SSSR count). The van der Waals surface area contributed by atoms with Crippen LogP contribution in [-0.2, 0) is 12.8 Å². The van der Waals surface area contributed by atoms with E-state index in [2.05, 4.69) is 12.1 Å². The van der Waals surface area contributed by atoms with E-state index in [4.69, 9.17) is 23.4 Å². The van der Waals surface area contributed by atoms with Gasteiger partial charge in [0.15, 0.2) is 5.43 Å². The molecular formula is C29H30O6. The zero-order chi connectivity index (χ0) is 24.8. The number of hydrogen-bond acceptors (Lipinski definition) is 6. The summed E-state index contributed by atoms with van der Waals surface area (Å²) in [5.74, 6) is 2.67. The van der Waals surface area contributed by atoms with E-state index in [0.29, 0.717) is 57.3 Å². The van der Waals surface area contributed by atoms with Gasteiger partial charge in [0.2, 0.25) is 0 Å². The largest absolute Gasteiger partial charge is 0.497 e. The number of benzene rings is 3. The highest BCUT2D eigenvalue weighted by molar-refractivity contribution is 5.88. The standard InChI is InChI=1S/C29H30O6/c1-31-20-14-15-22(24(16-20)33-3)29-23(13-9-8-12-19-10-6-5-7-11-19)28(30)27-25(34-4)17-21(32-2)18-26(27)35-29/h5-7,10-11,14-18H,8-9,12-13H2,1-4H3. The SMILES string of the molecule is COc1ccc(-c2oc3cc(OC)cc(OC)c3c(=O)c2CCCCc2ccccc2)c(OC)c1. The van der Waals surface area contributed by atoms with Gasteiger partial charge in [0.25, 0.3) is 0 Å². The van der Waals surface area contributed by atoms with E-state index in [0.717, 1.165) is 19.3 Å². The number of aryl methyl sites for hydroxylation is 1. The molecule has 1 heterocycles. The van der Waals surface area contributed by atoms with Crippen LogP contribution in [0.5, 0.6) is 23.0 Å². The highest BCUT2D eigenvalue weighted by atomic mass is 16.5. The van der Waals surface area contributed by atoms with Crippen LogP contribution in [0.2, 0.25) is 0 Å². The molecule has 0 saturated carbocycles. The maximum Gasteiger partial charge on any atom is 0.200 e. The van der Waals surface area contributed by atoms with Gasteiger partial charge in [0.1, 0.15) is 39.7 Å². The van der Waals surface area contributed by atoms with Crippen molar-refractivity contribution in [3.8, 4) is 34.3 Å². The molecule has 0 amide bonds. The highest BCUT2D eigenvalue weighted by Crippen LogP contribution is 2.38. The Kier molecular flexibility index (Phi) is 7.60. The lowest BCUT2D eigenvalue weighted by atomic mass is 9.98. The van der Waals surface area contributed by atoms with E-state index >= 15 is 0 Å². The Morgan fingerprint density at radius 2 is 1.40 bits per heavy atom. The first kappa shape index (κ1) is 24.2. The predicted molar refractivity (Wildman–Crippen MR) is 137 cm³/mol. The molecule has 0 radical (unpaired) electrons. The van der Waals surface area contributed by atoms with E-state index in [1.165, 1.54) is 12.7 Å². The van der Waals surface area contributed by atoms with E-state index in [9.17, 15) is 4.79 Å². The Bertz CT molecular complexity index is 1360. The maximum absolute atomic E-state index is 13.8. The van der Waals surface area contributed by atoms with Gasteiger partial charge in [-0.25, -0.2) is 0 Å². The summed E-state index contributed by atoms with van der Waals surface area (Å²) in [6, 6.07) is 19.2. The maximum atomic E-state index is 13.8. The first-order valence-corrected chi connectivity index (χ1v) is 11.6. The van der Waals surface area contributed by atoms with Gasteiger partial charge in [0.05, 0.1) is 34.0 Å². The van der Waals surface area contributed by atoms with Crippen LogP contribution >= 0.6 is 0 Å². The molecule has 1 aromatic heterocycles. The third kappa shape index (κ3) is 5.11. The third-order valence-electron chi connectivity index (χ3n) is 6.12. The summed E-state index contributed by atoms with van der Waals surface area (Å²) in [6.45, 7) is 0. The normalized spacial score (nSPS) is 10.9. The summed E-state index contributed by atoms with van der Waals surface area (Å²) in [7, 11) is 6.28. The van der Waals surface area contributed by atoms with Crippen molar-refractivity contribution in [2.24, 2.45) is 0 Å². The van der Waals surface area contributed by atoms with Gasteiger partial charge in [-0.2, -0.15) is 0 Å². The molecule has 6 heteroatoms. The molecule has 0 unspecified atom stereocenters. The summed E-state index contributed by atoms with van der Waals surface area (Å²) < 4.78 is 28.3. The van der Waals surface area contributed by atoms with Crippen molar-refractivity contribution in [3.63, 3.8) is 0 Å². The van der Waals surface area contributed by atoms with Crippen molar-refractivity contribution < 1.29 is 23.4 Å². The molecule has 0 saturated heterocycles. The van der Waals surface area contributed by atoms with Gasteiger partial charge in [-0.15, -0.1) is 0 Å². The van der Waals surface area contributed by atoms with Crippen LogP contribution in [0.15, 0.2) is 69.9 Å². The van der Waals surface area contributed by atoms with Crippen LogP contribution in [-0.4, -0.2) is 28.4 Å². The molecule has 35 heavy (non-hydrogen) atoms. The molecule has 0 aliphatic heterocycles. The highest BCUT2D eigenvalue weighted by Gasteiger charge is 2.22. The fourth-order valence-electron chi connectivity index (χ4n) is 4.28. The second kappa shape index (κ2) is 11.0. The number of methoxy groups -OCH3 is 4. The first-order chi connectivity index (χ1) is 17.1. The summed E-state index contributed by atoms with van der Waals surface area (Å²) in [5.41, 5.74) is 2.85. The molecule has 0 aliphatic carbocycles. The quantitative estimate of drug-likeness (QED) is 0.260. The number of unbranched alkanes of at least 4 members (excludes halogenated alkanes) is 1. The minimum atomic E-state index is -0.113. The van der Waals surface area contributed by atoms with Crippen LogP contribution in [0, 0.1) is 0 Å². The number of hydrogen-bond donors (Lipinski definition) is 0. The third-order valence-corrected chi connectivity index (χ3v) is 6.12. The van der Waals surface area contributed by atoms with Gasteiger partial charge in [-0.3, -0.25) is 4.79 Å². The molecule has 0 aliphatic rings. The van der Waals surface area contributed by atoms with Crippen LogP contribution in [0.1, 0.15) is 24.0 Å². The second-order valence-electron chi connectivity index (χ2n) is 8.20. The van der Waals surface area contributed by atoms with Gasteiger partial charge in [-0.05, 0) is 43.4 Å². The lowest BCUT2D eigenvalue weighted by Crippen LogP contribution is -2.13. The van der Waals surface area contributed by atoms with E-state index in [1.807, 2.05) is 30.3 Å². The molecule has 0 N–H and O–H groups in total. The Hall–Kier alpha value is -3.93. The Morgan fingerprint density at radius 3 is 2.09 bits per heavy atom. The van der Waals surface area contributed by atoms with Crippen LogP contribution < -0.4 is 24.4 Å². The van der Waals surface area contributed by atoms with Crippen molar-refractivity contribution in [1.82, 2.24) is 0 Å². The minimum Gasteiger partial charge on any atom is -0.497 e. The second-order valence-corrected chi connectivity index (χ2v) is 8.20. The smallest absolute Gasteiger partial charge is 0.200 e. The fraction of sp³-hybridized carbons (Fsp3) is 0.276. The fourth-order valence-corrected chi connectivity index (χ4v) is 4.28. The van der Waals surface area contributed by atoms with Gasteiger partial charge in [0, 0.05) is 23.8 Å². The lowest BCUT2D eigenvalue weighted by Gasteiger charge is -2.15. The van der Waals surface area contributed by atoms with Crippen molar-refractivity contribution in [1.29, 1.82) is 0 Å². The summed E-state index contributed by atoms with van der Waals surface area (Å²) in [5, 5.41) is 0.405. The molecule has 0 fully saturated rings. The van der Waals surface area contributed by atoms with Gasteiger partial charge < -0.3 is 23.4 Å². The minimum absolute atomic E-state index is 0.113. The van der Waals surface area contributed by atoms with E-state index in [-0.39, 0.29) is 5.43 Å². The van der Waals surface area contributed by atoms with Gasteiger partial charge >= 0.3 is 0 Å². The van der Waals surface area contributed by atoms with Crippen molar-refractivity contribution in [3.05, 3.63) is 82.0 Å². The van der Waals surface area contributed by atoms with Crippen LogP contribution in [0.3, 0.4) is 0 Å². The lowest BCUT2D eigenvalue weighted by molar-refractivity contribution is 0.394. The topological polar surface area (TPSA) is 67.1 Å². The summed E-state index contributed by atoms with van der Waals surface area (Å²) in [6.07, 6.45) is 3.28. The van der Waals surface area contributed by atoms with Gasteiger partial charge in [-0.1, -0.05) is 30.3 Å². The number of ether oxygens (including phenoxy) is 4. The Labute approximate surface area is 205 Å². The predicted octanol–water partition coefficient (Wildman–Crippen LogP) is 6.06. The molecule has 6 nitrogen and oxygen atoms in total. The molecular weight excluding hydrogens is 444 g/mol. The number of rotatable bonds is 10. The molecule has 3 aromatic carbocycles. The molecule has 0 bridgehead atoms. The average molecular weight is 475 g/mol. The zero-order valence-corrected chi connectivity index (χ0v) is 20.6. The van der Waals surface area contributed by atoms with Crippen LogP contribution in [0.4, 0.5) is 0 Å². The summed E-state index contributed by atoms with van der Waals surface area (Å²) >= 11 is 0. The first-order valence-electron chi connectivity index (χ1n) is 11.6. The number of fused-ring (bicyclic) bond motifs is 1. The van der Waals surface area contributed by atoms with E-state index < -0.39 is 0 Å².